The van der Waals surface area contributed by atoms with Crippen LogP contribution in [-0.2, 0) is 4.79 Å². The van der Waals surface area contributed by atoms with Crippen LogP contribution in [-0.4, -0.2) is 30.1 Å². The molecule has 0 aromatic carbocycles. The number of hydrogen-bond donors (Lipinski definition) is 0. The maximum absolute atomic E-state index is 13.0. The third kappa shape index (κ3) is 1.88. The molecule has 4 unspecified atom stereocenters. The number of likely N-dealkylation sites (tertiary alicyclic amines) is 1. The Bertz CT molecular complexity index is 266. The van der Waals surface area contributed by atoms with E-state index in [2.05, 4.69) is 20.8 Å². The number of nitrogens with zero attached hydrogens (tertiary/aromatic N) is 1. The smallest absolute Gasteiger partial charge is 0.226 e. The molecule has 0 bridgehead atoms. The molecule has 1 heterocycles. The Hall–Kier alpha value is -0.600. The Morgan fingerprint density at radius 3 is 2.53 bits per heavy atom. The van der Waals surface area contributed by atoms with Crippen molar-refractivity contribution in [3.63, 3.8) is 0 Å². The van der Waals surface area contributed by atoms with Crippen molar-refractivity contribution < 1.29 is 9.18 Å². The minimum atomic E-state index is -0.791. The first-order valence-electron chi connectivity index (χ1n) is 5.95. The fourth-order valence-corrected chi connectivity index (χ4v) is 3.03. The van der Waals surface area contributed by atoms with E-state index >= 15 is 0 Å². The van der Waals surface area contributed by atoms with Crippen molar-refractivity contribution in [3.8, 4) is 0 Å². The Balaban J connectivity index is 1.93. The van der Waals surface area contributed by atoms with Gasteiger partial charge in [0.1, 0.15) is 6.17 Å². The summed E-state index contributed by atoms with van der Waals surface area (Å²) in [5.41, 5.74) is 0. The summed E-state index contributed by atoms with van der Waals surface area (Å²) in [7, 11) is 0. The molecule has 0 radical (unpaired) electrons. The van der Waals surface area contributed by atoms with Crippen molar-refractivity contribution in [3.05, 3.63) is 0 Å². The van der Waals surface area contributed by atoms with E-state index in [0.29, 0.717) is 37.3 Å². The molecule has 3 heteroatoms. The quantitative estimate of drug-likeness (QED) is 0.688. The van der Waals surface area contributed by atoms with Gasteiger partial charge in [-0.25, -0.2) is 4.39 Å². The number of rotatable bonds is 2. The fourth-order valence-electron chi connectivity index (χ4n) is 3.03. The third-order valence-corrected chi connectivity index (χ3v) is 3.94. The van der Waals surface area contributed by atoms with Crippen LogP contribution in [0.4, 0.5) is 4.39 Å². The van der Waals surface area contributed by atoms with Crippen molar-refractivity contribution in [1.82, 2.24) is 4.90 Å². The highest BCUT2D eigenvalue weighted by atomic mass is 19.1. The molecule has 1 saturated heterocycles. The van der Waals surface area contributed by atoms with Crippen LogP contribution < -0.4 is 0 Å². The number of amides is 1. The molecule has 2 fully saturated rings. The van der Waals surface area contributed by atoms with Crippen LogP contribution >= 0.6 is 0 Å². The number of carbonyl (C=O) groups excluding carboxylic acids is 1. The van der Waals surface area contributed by atoms with E-state index < -0.39 is 6.17 Å². The first-order valence-corrected chi connectivity index (χ1v) is 5.95. The Morgan fingerprint density at radius 2 is 2.13 bits per heavy atom. The third-order valence-electron chi connectivity index (χ3n) is 3.94. The summed E-state index contributed by atoms with van der Waals surface area (Å²) >= 11 is 0. The lowest BCUT2D eigenvalue weighted by Gasteiger charge is -2.15. The molecule has 1 saturated carbocycles. The van der Waals surface area contributed by atoms with Gasteiger partial charge in [-0.3, -0.25) is 4.79 Å². The van der Waals surface area contributed by atoms with Gasteiger partial charge < -0.3 is 4.90 Å². The van der Waals surface area contributed by atoms with Gasteiger partial charge in [0.2, 0.25) is 5.91 Å². The summed E-state index contributed by atoms with van der Waals surface area (Å²) in [5, 5.41) is 0. The molecule has 1 aliphatic carbocycles. The van der Waals surface area contributed by atoms with Gasteiger partial charge in [-0.05, 0) is 24.2 Å². The van der Waals surface area contributed by atoms with E-state index in [0.717, 1.165) is 0 Å². The summed E-state index contributed by atoms with van der Waals surface area (Å²) in [6.07, 6.45) is -0.264. The van der Waals surface area contributed by atoms with Crippen LogP contribution in [0.15, 0.2) is 0 Å². The summed E-state index contributed by atoms with van der Waals surface area (Å²) in [5.74, 6) is 1.96. The average Bonchev–Trinajstić information content (AvgIpc) is 2.63. The lowest BCUT2D eigenvalue weighted by atomic mass is 10.1. The van der Waals surface area contributed by atoms with Crippen molar-refractivity contribution in [2.45, 2.75) is 33.4 Å². The molecule has 0 N–H and O–H groups in total. The first kappa shape index (κ1) is 10.9. The molecule has 2 aliphatic rings. The zero-order valence-electron chi connectivity index (χ0n) is 9.74. The summed E-state index contributed by atoms with van der Waals surface area (Å²) < 4.78 is 13.0. The molecular formula is C12H20FNO. The van der Waals surface area contributed by atoms with Crippen molar-refractivity contribution in [2.75, 3.05) is 13.1 Å². The van der Waals surface area contributed by atoms with Gasteiger partial charge in [-0.1, -0.05) is 20.8 Å². The summed E-state index contributed by atoms with van der Waals surface area (Å²) in [4.78, 5) is 13.8. The van der Waals surface area contributed by atoms with Crippen LogP contribution in [0.1, 0.15) is 27.2 Å². The summed E-state index contributed by atoms with van der Waals surface area (Å²) in [6.45, 7) is 7.41. The van der Waals surface area contributed by atoms with E-state index in [1.165, 1.54) is 0 Å². The molecule has 15 heavy (non-hydrogen) atoms. The van der Waals surface area contributed by atoms with E-state index in [4.69, 9.17) is 0 Å². The van der Waals surface area contributed by atoms with E-state index in [1.54, 1.807) is 4.90 Å². The first-order chi connectivity index (χ1) is 7.02. The monoisotopic (exact) mass is 213 g/mol. The lowest BCUT2D eigenvalue weighted by molar-refractivity contribution is -0.132. The van der Waals surface area contributed by atoms with Crippen LogP contribution in [0.5, 0.6) is 0 Å². The molecule has 0 aromatic heterocycles. The second-order valence-electron chi connectivity index (χ2n) is 5.38. The van der Waals surface area contributed by atoms with E-state index in [9.17, 15) is 9.18 Å². The van der Waals surface area contributed by atoms with Crippen molar-refractivity contribution in [1.29, 1.82) is 0 Å². The van der Waals surface area contributed by atoms with E-state index in [-0.39, 0.29) is 11.8 Å². The second kappa shape index (κ2) is 3.76. The zero-order valence-corrected chi connectivity index (χ0v) is 9.74. The van der Waals surface area contributed by atoms with Gasteiger partial charge in [-0.2, -0.15) is 0 Å². The molecule has 2 nitrogen and oxygen atoms in total. The topological polar surface area (TPSA) is 20.3 Å². The second-order valence-corrected chi connectivity index (χ2v) is 5.38. The van der Waals surface area contributed by atoms with E-state index in [1.807, 2.05) is 0 Å². The molecule has 4 atom stereocenters. The highest BCUT2D eigenvalue weighted by Gasteiger charge is 2.54. The standard InChI is InChI=1S/C12H20FNO/c1-7(2)10-8(3)11(10)12(15)14-5-4-9(13)6-14/h7-11H,4-6H2,1-3H3. The van der Waals surface area contributed by atoms with Gasteiger partial charge in [0.15, 0.2) is 0 Å². The maximum Gasteiger partial charge on any atom is 0.226 e. The van der Waals surface area contributed by atoms with Gasteiger partial charge in [0.05, 0.1) is 6.54 Å². The zero-order chi connectivity index (χ0) is 11.2. The highest BCUT2D eigenvalue weighted by Crippen LogP contribution is 2.51. The maximum atomic E-state index is 13.0. The van der Waals surface area contributed by atoms with Crippen LogP contribution in [0.2, 0.25) is 0 Å². The molecule has 2 rings (SSSR count). The van der Waals surface area contributed by atoms with Crippen LogP contribution in [0, 0.1) is 23.7 Å². The highest BCUT2D eigenvalue weighted by molar-refractivity contribution is 5.82. The Morgan fingerprint density at radius 1 is 1.47 bits per heavy atom. The minimum absolute atomic E-state index is 0.176. The van der Waals surface area contributed by atoms with Gasteiger partial charge in [0, 0.05) is 12.5 Å². The molecule has 1 aliphatic heterocycles. The molecule has 1 amide bonds. The Kier molecular flexibility index (Phi) is 2.73. The van der Waals surface area contributed by atoms with Gasteiger partial charge in [0.25, 0.3) is 0 Å². The van der Waals surface area contributed by atoms with Gasteiger partial charge >= 0.3 is 0 Å². The lowest BCUT2D eigenvalue weighted by Crippen LogP contribution is -2.31. The largest absolute Gasteiger partial charge is 0.339 e. The van der Waals surface area contributed by atoms with Crippen molar-refractivity contribution in [2.24, 2.45) is 23.7 Å². The molecular weight excluding hydrogens is 193 g/mol. The number of halogens is 1. The number of carbonyl (C=O) groups is 1. The summed E-state index contributed by atoms with van der Waals surface area (Å²) in [6, 6.07) is 0. The minimum Gasteiger partial charge on any atom is -0.339 e. The fraction of sp³-hybridized carbons (Fsp3) is 0.917. The molecule has 0 aromatic rings. The van der Waals surface area contributed by atoms with Crippen molar-refractivity contribution >= 4 is 5.91 Å². The number of hydrogen-bond acceptors (Lipinski definition) is 1. The number of alkyl halides is 1. The van der Waals surface area contributed by atoms with Crippen LogP contribution in [0.3, 0.4) is 0 Å². The van der Waals surface area contributed by atoms with Crippen LogP contribution in [0.25, 0.3) is 0 Å². The normalized spacial score (nSPS) is 39.9. The predicted octanol–water partition coefficient (Wildman–Crippen LogP) is 2.09. The average molecular weight is 213 g/mol. The van der Waals surface area contributed by atoms with Gasteiger partial charge in [-0.15, -0.1) is 0 Å². The SMILES string of the molecule is CC(C)C1C(C)C1C(=O)N1CCC(F)C1. The molecule has 0 spiro atoms. The predicted molar refractivity (Wildman–Crippen MR) is 57.1 cm³/mol. The molecule has 86 valence electrons. The Labute approximate surface area is 90.8 Å².